The Kier molecular flexibility index (Phi) is 5.08. The minimum Gasteiger partial charge on any atom is -0.335 e. The molecule has 0 radical (unpaired) electrons. The minimum absolute atomic E-state index is 0.0464. The predicted octanol–water partition coefficient (Wildman–Crippen LogP) is 2.11. The Labute approximate surface area is 145 Å². The number of nitrogens with zero attached hydrogens (tertiary/aromatic N) is 4. The van der Waals surface area contributed by atoms with Gasteiger partial charge in [-0.1, -0.05) is 6.07 Å². The van der Waals surface area contributed by atoms with E-state index in [1.54, 1.807) is 23.1 Å². The van der Waals surface area contributed by atoms with E-state index in [0.29, 0.717) is 18.8 Å². The van der Waals surface area contributed by atoms with E-state index in [2.05, 4.69) is 30.9 Å². The van der Waals surface area contributed by atoms with E-state index in [1.807, 2.05) is 38.1 Å². The molecule has 0 bridgehead atoms. The first kappa shape index (κ1) is 16.7. The van der Waals surface area contributed by atoms with Crippen molar-refractivity contribution in [2.75, 3.05) is 5.32 Å². The van der Waals surface area contributed by atoms with Crippen molar-refractivity contribution in [2.45, 2.75) is 32.9 Å². The lowest BCUT2D eigenvalue weighted by molar-refractivity contribution is 0.249. The van der Waals surface area contributed by atoms with Gasteiger partial charge < -0.3 is 5.32 Å². The molecule has 25 heavy (non-hydrogen) atoms. The lowest BCUT2D eigenvalue weighted by Crippen LogP contribution is -2.37. The van der Waals surface area contributed by atoms with Crippen LogP contribution in [0.15, 0.2) is 42.7 Å². The minimum atomic E-state index is -0.275. The molecule has 2 amide bonds. The first-order chi connectivity index (χ1) is 12.1. The molecule has 3 heterocycles. The molecular weight excluding hydrogens is 318 g/mol. The molecule has 0 aliphatic carbocycles. The number of carbonyl (C=O) groups excluding carboxylic acids is 1. The topological polar surface area (TPSA) is 101 Å². The largest absolute Gasteiger partial charge is 0.335 e. The maximum Gasteiger partial charge on any atom is 0.320 e. The normalized spacial score (nSPS) is 11.9. The Morgan fingerprint density at radius 1 is 1.28 bits per heavy atom. The molecule has 3 rings (SSSR count). The molecule has 8 heteroatoms. The average molecular weight is 339 g/mol. The Hall–Kier alpha value is -3.16. The molecule has 1 atom stereocenters. The molecule has 0 saturated carbocycles. The number of aromatic nitrogens is 5. The summed E-state index contributed by atoms with van der Waals surface area (Å²) in [6, 6.07) is 9.10. The van der Waals surface area contributed by atoms with E-state index in [9.17, 15) is 4.79 Å². The fraction of sp³-hybridized carbons (Fsp3) is 0.294. The standard InChI is InChI=1S/C17H21N7O/c1-12(9-15-10-13(2)22-23-15)20-17(25)21-16-6-8-19-24(16)11-14-5-3-4-7-18-14/h3-8,10,12H,9,11H2,1-2H3,(H,22,23)(H2,20,21,25). The van der Waals surface area contributed by atoms with Gasteiger partial charge >= 0.3 is 6.03 Å². The van der Waals surface area contributed by atoms with Crippen molar-refractivity contribution < 1.29 is 4.79 Å². The second-order valence-corrected chi connectivity index (χ2v) is 5.94. The smallest absolute Gasteiger partial charge is 0.320 e. The van der Waals surface area contributed by atoms with Crippen LogP contribution in [0, 0.1) is 6.92 Å². The third kappa shape index (κ3) is 4.66. The molecule has 0 fully saturated rings. The van der Waals surface area contributed by atoms with E-state index in [1.165, 1.54) is 0 Å². The zero-order chi connectivity index (χ0) is 17.6. The highest BCUT2D eigenvalue weighted by molar-refractivity contribution is 5.88. The molecule has 8 nitrogen and oxygen atoms in total. The van der Waals surface area contributed by atoms with Crippen LogP contribution in [0.4, 0.5) is 10.6 Å². The van der Waals surface area contributed by atoms with E-state index in [-0.39, 0.29) is 12.1 Å². The summed E-state index contributed by atoms with van der Waals surface area (Å²) in [6.07, 6.45) is 4.04. The molecule has 0 spiro atoms. The van der Waals surface area contributed by atoms with Crippen molar-refractivity contribution in [2.24, 2.45) is 0 Å². The predicted molar refractivity (Wildman–Crippen MR) is 94.2 cm³/mol. The fourth-order valence-electron chi connectivity index (χ4n) is 2.53. The summed E-state index contributed by atoms with van der Waals surface area (Å²) < 4.78 is 1.70. The summed E-state index contributed by atoms with van der Waals surface area (Å²) in [5.41, 5.74) is 2.80. The number of nitrogens with one attached hydrogen (secondary N) is 3. The van der Waals surface area contributed by atoms with Crippen molar-refractivity contribution >= 4 is 11.8 Å². The van der Waals surface area contributed by atoms with Gasteiger partial charge in [0.2, 0.25) is 0 Å². The molecule has 1 unspecified atom stereocenters. The molecular formula is C17H21N7O. The number of aryl methyl sites for hydroxylation is 1. The van der Waals surface area contributed by atoms with Gasteiger partial charge in [0.15, 0.2) is 0 Å². The monoisotopic (exact) mass is 339 g/mol. The van der Waals surface area contributed by atoms with E-state index < -0.39 is 0 Å². The SMILES string of the molecule is Cc1cc(CC(C)NC(=O)Nc2ccnn2Cc2ccccn2)n[nH]1. The Bertz CT molecular complexity index is 824. The van der Waals surface area contributed by atoms with Crippen LogP contribution >= 0.6 is 0 Å². The summed E-state index contributed by atoms with van der Waals surface area (Å²) in [5, 5.41) is 17.0. The van der Waals surface area contributed by atoms with Gasteiger partial charge in [0.25, 0.3) is 0 Å². The maximum atomic E-state index is 12.2. The van der Waals surface area contributed by atoms with Crippen LogP contribution in [-0.4, -0.2) is 37.0 Å². The number of carbonyl (C=O) groups is 1. The Morgan fingerprint density at radius 3 is 2.88 bits per heavy atom. The quantitative estimate of drug-likeness (QED) is 0.640. The van der Waals surface area contributed by atoms with Gasteiger partial charge in [-0.25, -0.2) is 9.48 Å². The first-order valence-electron chi connectivity index (χ1n) is 8.10. The third-order valence-electron chi connectivity index (χ3n) is 3.65. The lowest BCUT2D eigenvalue weighted by atomic mass is 10.2. The highest BCUT2D eigenvalue weighted by Crippen LogP contribution is 2.09. The third-order valence-corrected chi connectivity index (χ3v) is 3.65. The molecule has 0 aromatic carbocycles. The summed E-state index contributed by atoms with van der Waals surface area (Å²) in [4.78, 5) is 16.5. The number of pyridine rings is 1. The number of anilines is 1. The van der Waals surface area contributed by atoms with Crippen molar-refractivity contribution in [3.63, 3.8) is 0 Å². The molecule has 0 saturated heterocycles. The summed E-state index contributed by atoms with van der Waals surface area (Å²) in [7, 11) is 0. The number of hydrogen-bond donors (Lipinski definition) is 3. The second-order valence-electron chi connectivity index (χ2n) is 5.94. The fourth-order valence-corrected chi connectivity index (χ4v) is 2.53. The average Bonchev–Trinajstić information content (AvgIpc) is 3.17. The van der Waals surface area contributed by atoms with Crippen LogP contribution in [0.3, 0.4) is 0 Å². The molecule has 3 N–H and O–H groups in total. The van der Waals surface area contributed by atoms with Crippen LogP contribution in [0.1, 0.15) is 24.0 Å². The van der Waals surface area contributed by atoms with Gasteiger partial charge in [-0.15, -0.1) is 0 Å². The van der Waals surface area contributed by atoms with Crippen molar-refractivity contribution in [3.05, 3.63) is 59.8 Å². The van der Waals surface area contributed by atoms with Gasteiger partial charge in [-0.2, -0.15) is 10.2 Å². The molecule has 130 valence electrons. The number of aromatic amines is 1. The highest BCUT2D eigenvalue weighted by atomic mass is 16.2. The van der Waals surface area contributed by atoms with Gasteiger partial charge in [-0.05, 0) is 32.0 Å². The van der Waals surface area contributed by atoms with Gasteiger partial charge in [0.05, 0.1) is 24.1 Å². The summed E-state index contributed by atoms with van der Waals surface area (Å²) in [5.74, 6) is 0.617. The number of H-pyrrole nitrogens is 1. The first-order valence-corrected chi connectivity index (χ1v) is 8.10. The summed E-state index contributed by atoms with van der Waals surface area (Å²) >= 11 is 0. The Morgan fingerprint density at radius 2 is 2.16 bits per heavy atom. The van der Waals surface area contributed by atoms with Crippen molar-refractivity contribution in [1.82, 2.24) is 30.3 Å². The van der Waals surface area contributed by atoms with Gasteiger partial charge in [-0.3, -0.25) is 15.4 Å². The van der Waals surface area contributed by atoms with E-state index >= 15 is 0 Å². The zero-order valence-electron chi connectivity index (χ0n) is 14.2. The number of amides is 2. The van der Waals surface area contributed by atoms with Crippen molar-refractivity contribution in [1.29, 1.82) is 0 Å². The number of urea groups is 1. The molecule has 3 aromatic rings. The molecule has 0 aliphatic heterocycles. The van der Waals surface area contributed by atoms with Crippen LogP contribution in [0.2, 0.25) is 0 Å². The zero-order valence-corrected chi connectivity index (χ0v) is 14.2. The van der Waals surface area contributed by atoms with E-state index in [0.717, 1.165) is 17.1 Å². The van der Waals surface area contributed by atoms with E-state index in [4.69, 9.17) is 0 Å². The molecule has 0 aliphatic rings. The van der Waals surface area contributed by atoms with Crippen LogP contribution < -0.4 is 10.6 Å². The van der Waals surface area contributed by atoms with Crippen LogP contribution in [-0.2, 0) is 13.0 Å². The molecule has 3 aromatic heterocycles. The van der Waals surface area contributed by atoms with Crippen molar-refractivity contribution in [3.8, 4) is 0 Å². The number of rotatable bonds is 6. The van der Waals surface area contributed by atoms with Gasteiger partial charge in [0.1, 0.15) is 5.82 Å². The Balaban J connectivity index is 1.55. The number of hydrogen-bond acceptors (Lipinski definition) is 4. The maximum absolute atomic E-state index is 12.2. The van der Waals surface area contributed by atoms with Gasteiger partial charge in [0, 0.05) is 30.4 Å². The highest BCUT2D eigenvalue weighted by Gasteiger charge is 2.12. The lowest BCUT2D eigenvalue weighted by Gasteiger charge is -2.14. The van der Waals surface area contributed by atoms with Crippen LogP contribution in [0.25, 0.3) is 0 Å². The van der Waals surface area contributed by atoms with Crippen LogP contribution in [0.5, 0.6) is 0 Å². The second kappa shape index (κ2) is 7.61. The summed E-state index contributed by atoms with van der Waals surface area (Å²) in [6.45, 7) is 4.38.